The van der Waals surface area contributed by atoms with Gasteiger partial charge in [0.05, 0.1) is 5.56 Å². The maximum atomic E-state index is 12.6. The summed E-state index contributed by atoms with van der Waals surface area (Å²) < 4.78 is 40.9. The molecule has 0 aliphatic heterocycles. The minimum absolute atomic E-state index is 0.220. The minimum atomic E-state index is -4.78. The number of hydrogen-bond acceptors (Lipinski definition) is 4. The Labute approximate surface area is 153 Å². The van der Waals surface area contributed by atoms with Crippen LogP contribution in [-0.4, -0.2) is 22.5 Å². The summed E-state index contributed by atoms with van der Waals surface area (Å²) in [6, 6.07) is 8.52. The molecule has 1 aliphatic carbocycles. The van der Waals surface area contributed by atoms with Crippen molar-refractivity contribution in [1.29, 1.82) is 0 Å². The molecule has 0 saturated heterocycles. The van der Waals surface area contributed by atoms with Crippen molar-refractivity contribution in [2.45, 2.75) is 42.3 Å². The smallest absolute Gasteiger partial charge is 0.406 e. The highest BCUT2D eigenvalue weighted by Crippen LogP contribution is 2.35. The molecule has 138 valence electrons. The molecule has 0 bridgehead atoms. The van der Waals surface area contributed by atoms with Crippen LogP contribution in [0.4, 0.5) is 18.9 Å². The number of rotatable bonds is 5. The lowest BCUT2D eigenvalue weighted by atomic mass is 10.2. The molecule has 3 rings (SSSR count). The molecule has 4 nitrogen and oxygen atoms in total. The summed E-state index contributed by atoms with van der Waals surface area (Å²) in [4.78, 5) is 16.9. The Morgan fingerprint density at radius 2 is 1.96 bits per heavy atom. The number of nitrogens with zero attached hydrogens (tertiary/aromatic N) is 1. The van der Waals surface area contributed by atoms with Crippen LogP contribution in [0.1, 0.15) is 36.0 Å². The van der Waals surface area contributed by atoms with Gasteiger partial charge in [0, 0.05) is 23.2 Å². The Morgan fingerprint density at radius 1 is 1.19 bits per heavy atom. The van der Waals surface area contributed by atoms with E-state index in [0.29, 0.717) is 15.8 Å². The number of thioether (sulfide) groups is 1. The van der Waals surface area contributed by atoms with Crippen LogP contribution in [0.2, 0.25) is 0 Å². The van der Waals surface area contributed by atoms with E-state index in [1.807, 2.05) is 0 Å². The van der Waals surface area contributed by atoms with Gasteiger partial charge in [0.1, 0.15) is 10.8 Å². The molecule has 1 aliphatic rings. The van der Waals surface area contributed by atoms with Gasteiger partial charge < -0.3 is 10.1 Å². The lowest BCUT2D eigenvalue weighted by Crippen LogP contribution is -2.18. The number of anilines is 1. The third-order valence-electron chi connectivity index (χ3n) is 3.92. The van der Waals surface area contributed by atoms with E-state index in [4.69, 9.17) is 0 Å². The summed E-state index contributed by atoms with van der Waals surface area (Å²) in [5.74, 6) is -0.801. The predicted octanol–water partition coefficient (Wildman–Crippen LogP) is 5.27. The zero-order valence-corrected chi connectivity index (χ0v) is 14.6. The molecular weight excluding hydrogens is 365 g/mol. The molecule has 0 unspecified atom stereocenters. The largest absolute Gasteiger partial charge is 0.573 e. The van der Waals surface area contributed by atoms with Crippen molar-refractivity contribution in [2.24, 2.45) is 0 Å². The van der Waals surface area contributed by atoms with Gasteiger partial charge in [0.15, 0.2) is 0 Å². The van der Waals surface area contributed by atoms with Gasteiger partial charge >= 0.3 is 6.36 Å². The van der Waals surface area contributed by atoms with Gasteiger partial charge in [0.25, 0.3) is 5.91 Å². The van der Waals surface area contributed by atoms with Crippen LogP contribution in [0.25, 0.3) is 0 Å². The van der Waals surface area contributed by atoms with E-state index in [-0.39, 0.29) is 11.4 Å². The fourth-order valence-electron chi connectivity index (χ4n) is 2.79. The molecule has 8 heteroatoms. The second-order valence-electron chi connectivity index (χ2n) is 5.91. The van der Waals surface area contributed by atoms with Crippen molar-refractivity contribution < 1.29 is 22.7 Å². The molecule has 0 spiro atoms. The third-order valence-corrected chi connectivity index (χ3v) is 5.28. The molecule has 1 aromatic carbocycles. The molecule has 26 heavy (non-hydrogen) atoms. The van der Waals surface area contributed by atoms with Crippen molar-refractivity contribution in [1.82, 2.24) is 4.98 Å². The second kappa shape index (κ2) is 7.99. The minimum Gasteiger partial charge on any atom is -0.406 e. The number of hydrogen-bond donors (Lipinski definition) is 1. The highest BCUT2D eigenvalue weighted by Gasteiger charge is 2.31. The van der Waals surface area contributed by atoms with Gasteiger partial charge in [0.2, 0.25) is 0 Å². The molecule has 1 N–H and O–H groups in total. The quantitative estimate of drug-likeness (QED) is 0.766. The van der Waals surface area contributed by atoms with E-state index in [9.17, 15) is 18.0 Å². The first kappa shape index (κ1) is 18.6. The summed E-state index contributed by atoms with van der Waals surface area (Å²) in [7, 11) is 0. The Morgan fingerprint density at radius 3 is 2.69 bits per heavy atom. The highest BCUT2D eigenvalue weighted by molar-refractivity contribution is 7.99. The fourth-order valence-corrected chi connectivity index (χ4v) is 4.09. The maximum absolute atomic E-state index is 12.6. The summed E-state index contributed by atoms with van der Waals surface area (Å²) >= 11 is 1.58. The lowest BCUT2D eigenvalue weighted by Gasteiger charge is -2.13. The SMILES string of the molecule is O=C(Nc1cccc(OC(F)(F)F)c1)c1cccnc1SC1CCCC1. The van der Waals surface area contributed by atoms with E-state index in [2.05, 4.69) is 15.0 Å². The molecule has 1 aromatic heterocycles. The lowest BCUT2D eigenvalue weighted by molar-refractivity contribution is -0.274. The number of ether oxygens (including phenoxy) is 1. The van der Waals surface area contributed by atoms with Gasteiger partial charge in [-0.25, -0.2) is 4.98 Å². The molecule has 1 fully saturated rings. The molecule has 0 atom stereocenters. The average molecular weight is 382 g/mol. The van der Waals surface area contributed by atoms with Crippen LogP contribution < -0.4 is 10.1 Å². The number of nitrogens with one attached hydrogen (secondary N) is 1. The summed E-state index contributed by atoms with van der Waals surface area (Å²) in [6.07, 6.45) is 1.40. The first-order valence-electron chi connectivity index (χ1n) is 8.19. The zero-order chi connectivity index (χ0) is 18.6. The average Bonchev–Trinajstić information content (AvgIpc) is 3.07. The number of amides is 1. The highest BCUT2D eigenvalue weighted by atomic mass is 32.2. The summed E-state index contributed by atoms with van der Waals surface area (Å²) in [6.45, 7) is 0. The van der Waals surface area contributed by atoms with E-state index >= 15 is 0 Å². The van der Waals surface area contributed by atoms with Crippen LogP contribution in [0.5, 0.6) is 5.75 Å². The molecular formula is C18H17F3N2O2S. The van der Waals surface area contributed by atoms with Crippen molar-refractivity contribution in [3.63, 3.8) is 0 Å². The summed E-state index contributed by atoms with van der Waals surface area (Å²) in [5, 5.41) is 3.69. The first-order chi connectivity index (χ1) is 12.4. The molecule has 1 amide bonds. The Bertz CT molecular complexity index is 777. The Kier molecular flexibility index (Phi) is 5.70. The summed E-state index contributed by atoms with van der Waals surface area (Å²) in [5.41, 5.74) is 0.629. The van der Waals surface area contributed by atoms with Crippen molar-refractivity contribution in [3.05, 3.63) is 48.2 Å². The number of pyridine rings is 1. The second-order valence-corrected chi connectivity index (χ2v) is 7.20. The van der Waals surface area contributed by atoms with Crippen LogP contribution in [0, 0.1) is 0 Å². The van der Waals surface area contributed by atoms with E-state index < -0.39 is 12.3 Å². The molecule has 2 aromatic rings. The molecule has 1 saturated carbocycles. The predicted molar refractivity (Wildman–Crippen MR) is 93.4 cm³/mol. The van der Waals surface area contributed by atoms with Crippen LogP contribution >= 0.6 is 11.8 Å². The van der Waals surface area contributed by atoms with Crippen LogP contribution in [0.3, 0.4) is 0 Å². The third kappa shape index (κ3) is 5.14. The Hall–Kier alpha value is -2.22. The standard InChI is InChI=1S/C18H17F3N2O2S/c19-18(20,21)25-13-6-3-5-12(11-13)23-16(24)15-9-4-10-22-17(15)26-14-7-1-2-8-14/h3-6,9-11,14H,1-2,7-8H2,(H,23,24). The van der Waals surface area contributed by atoms with Crippen LogP contribution in [0.15, 0.2) is 47.6 Å². The number of halogens is 3. The van der Waals surface area contributed by atoms with Crippen LogP contribution in [-0.2, 0) is 0 Å². The normalized spacial score (nSPS) is 15.0. The number of carbonyl (C=O) groups is 1. The van der Waals surface area contributed by atoms with Crippen molar-refractivity contribution in [2.75, 3.05) is 5.32 Å². The monoisotopic (exact) mass is 382 g/mol. The van der Waals surface area contributed by atoms with Gasteiger partial charge in [-0.2, -0.15) is 0 Å². The van der Waals surface area contributed by atoms with E-state index in [0.717, 1.165) is 18.9 Å². The zero-order valence-electron chi connectivity index (χ0n) is 13.8. The number of benzene rings is 1. The number of carbonyl (C=O) groups excluding carboxylic acids is 1. The fraction of sp³-hybridized carbons (Fsp3) is 0.333. The molecule has 1 heterocycles. The van der Waals surface area contributed by atoms with Gasteiger partial charge in [-0.1, -0.05) is 18.9 Å². The molecule has 0 radical (unpaired) electrons. The topological polar surface area (TPSA) is 51.2 Å². The van der Waals surface area contributed by atoms with Crippen molar-refractivity contribution >= 4 is 23.4 Å². The van der Waals surface area contributed by atoms with Gasteiger partial charge in [-0.15, -0.1) is 24.9 Å². The first-order valence-corrected chi connectivity index (χ1v) is 9.07. The number of alkyl halides is 3. The Balaban J connectivity index is 1.73. The van der Waals surface area contributed by atoms with Crippen molar-refractivity contribution in [3.8, 4) is 5.75 Å². The maximum Gasteiger partial charge on any atom is 0.573 e. The van der Waals surface area contributed by atoms with E-state index in [1.54, 1.807) is 30.1 Å². The van der Waals surface area contributed by atoms with Gasteiger partial charge in [-0.05, 0) is 37.1 Å². The van der Waals surface area contributed by atoms with Gasteiger partial charge in [-0.3, -0.25) is 4.79 Å². The van der Waals surface area contributed by atoms with E-state index in [1.165, 1.54) is 31.0 Å². The number of aromatic nitrogens is 1.